The Morgan fingerprint density at radius 1 is 1.00 bits per heavy atom. The average Bonchev–Trinajstić information content (AvgIpc) is 2.67. The Balaban J connectivity index is 1.76. The first-order valence-corrected chi connectivity index (χ1v) is 9.85. The molecule has 0 saturated carbocycles. The molecule has 0 N–H and O–H groups in total. The second-order valence-corrected chi connectivity index (χ2v) is 8.18. The third-order valence-electron chi connectivity index (χ3n) is 4.56. The topological polar surface area (TPSA) is 101 Å². The standard InChI is InChI=1S/C18H19N3O5S/c1-14-6-5-9-16(17(14)21(23)24)18(22)19-10-12-20(13-11-19)27(25,26)15-7-3-2-4-8-15/h2-9H,10-13H2,1H3. The first-order valence-electron chi connectivity index (χ1n) is 8.41. The minimum Gasteiger partial charge on any atom is -0.336 e. The van der Waals surface area contributed by atoms with E-state index in [9.17, 15) is 23.3 Å². The fourth-order valence-electron chi connectivity index (χ4n) is 3.12. The lowest BCUT2D eigenvalue weighted by Crippen LogP contribution is -2.50. The lowest BCUT2D eigenvalue weighted by atomic mass is 10.1. The molecule has 0 aliphatic carbocycles. The molecule has 0 unspecified atom stereocenters. The number of nitrogens with zero attached hydrogens (tertiary/aromatic N) is 3. The van der Waals surface area contributed by atoms with Crippen LogP contribution in [0.4, 0.5) is 5.69 Å². The van der Waals surface area contributed by atoms with Crippen LogP contribution in [0.1, 0.15) is 15.9 Å². The van der Waals surface area contributed by atoms with Gasteiger partial charge >= 0.3 is 0 Å². The van der Waals surface area contributed by atoms with Crippen LogP contribution in [0.5, 0.6) is 0 Å². The highest BCUT2D eigenvalue weighted by Gasteiger charge is 2.32. The number of nitro benzene ring substituents is 1. The van der Waals surface area contributed by atoms with Crippen molar-refractivity contribution in [3.8, 4) is 0 Å². The van der Waals surface area contributed by atoms with Gasteiger partial charge in [0.2, 0.25) is 10.0 Å². The number of aryl methyl sites for hydroxylation is 1. The van der Waals surface area contributed by atoms with E-state index in [1.807, 2.05) is 0 Å². The van der Waals surface area contributed by atoms with Crippen LogP contribution in [-0.4, -0.2) is 54.6 Å². The predicted molar refractivity (Wildman–Crippen MR) is 98.9 cm³/mol. The number of carbonyl (C=O) groups excluding carboxylic acids is 1. The normalized spacial score (nSPS) is 15.5. The molecule has 2 aromatic rings. The molecular weight excluding hydrogens is 370 g/mol. The van der Waals surface area contributed by atoms with Crippen molar-refractivity contribution in [1.82, 2.24) is 9.21 Å². The zero-order valence-electron chi connectivity index (χ0n) is 14.7. The van der Waals surface area contributed by atoms with Crippen molar-refractivity contribution in [2.75, 3.05) is 26.2 Å². The zero-order valence-corrected chi connectivity index (χ0v) is 15.6. The molecular formula is C18H19N3O5S. The maximum absolute atomic E-state index is 12.8. The van der Waals surface area contributed by atoms with Crippen molar-refractivity contribution >= 4 is 21.6 Å². The summed E-state index contributed by atoms with van der Waals surface area (Å²) in [6.45, 7) is 2.22. The van der Waals surface area contributed by atoms with Crippen molar-refractivity contribution in [2.24, 2.45) is 0 Å². The van der Waals surface area contributed by atoms with Crippen LogP contribution in [0.3, 0.4) is 0 Å². The molecule has 8 nitrogen and oxygen atoms in total. The predicted octanol–water partition coefficient (Wildman–Crippen LogP) is 2.05. The van der Waals surface area contributed by atoms with E-state index in [0.29, 0.717) is 5.56 Å². The lowest BCUT2D eigenvalue weighted by molar-refractivity contribution is -0.385. The van der Waals surface area contributed by atoms with E-state index >= 15 is 0 Å². The SMILES string of the molecule is Cc1cccc(C(=O)N2CCN(S(=O)(=O)c3ccccc3)CC2)c1[N+](=O)[O-]. The molecule has 0 radical (unpaired) electrons. The van der Waals surface area contributed by atoms with E-state index in [-0.39, 0.29) is 42.3 Å². The number of nitro groups is 1. The molecule has 27 heavy (non-hydrogen) atoms. The van der Waals surface area contributed by atoms with E-state index in [2.05, 4.69) is 0 Å². The quantitative estimate of drug-likeness (QED) is 0.588. The summed E-state index contributed by atoms with van der Waals surface area (Å²) >= 11 is 0. The first kappa shape index (κ1) is 19.0. The van der Waals surface area contributed by atoms with Gasteiger partial charge in [-0.15, -0.1) is 0 Å². The molecule has 142 valence electrons. The number of hydrogen-bond donors (Lipinski definition) is 0. The maximum Gasteiger partial charge on any atom is 0.285 e. The summed E-state index contributed by atoms with van der Waals surface area (Å²) in [5, 5.41) is 11.3. The summed E-state index contributed by atoms with van der Waals surface area (Å²) in [5.41, 5.74) is 0.234. The molecule has 0 aromatic heterocycles. The highest BCUT2D eigenvalue weighted by molar-refractivity contribution is 7.89. The van der Waals surface area contributed by atoms with Gasteiger partial charge in [-0.25, -0.2) is 8.42 Å². The monoisotopic (exact) mass is 389 g/mol. The van der Waals surface area contributed by atoms with Crippen LogP contribution in [0.2, 0.25) is 0 Å². The molecule has 0 bridgehead atoms. The second kappa shape index (κ2) is 7.45. The molecule has 1 aliphatic rings. The number of benzene rings is 2. The Hall–Kier alpha value is -2.78. The highest BCUT2D eigenvalue weighted by atomic mass is 32.2. The zero-order chi connectivity index (χ0) is 19.6. The summed E-state index contributed by atoms with van der Waals surface area (Å²) in [5.74, 6) is -0.456. The number of sulfonamides is 1. The number of para-hydroxylation sites is 1. The molecule has 9 heteroatoms. The largest absolute Gasteiger partial charge is 0.336 e. The Kier molecular flexibility index (Phi) is 5.24. The molecule has 1 saturated heterocycles. The van der Waals surface area contributed by atoms with Crippen LogP contribution in [0.25, 0.3) is 0 Å². The van der Waals surface area contributed by atoms with Crippen molar-refractivity contribution in [2.45, 2.75) is 11.8 Å². The maximum atomic E-state index is 12.8. The van der Waals surface area contributed by atoms with Crippen molar-refractivity contribution in [3.05, 3.63) is 69.8 Å². The Morgan fingerprint density at radius 2 is 1.63 bits per heavy atom. The minimum absolute atomic E-state index is 0.0272. The molecule has 1 amide bonds. The molecule has 1 heterocycles. The lowest BCUT2D eigenvalue weighted by Gasteiger charge is -2.34. The molecule has 3 rings (SSSR count). The van der Waals surface area contributed by atoms with Crippen molar-refractivity contribution in [1.29, 1.82) is 0 Å². The van der Waals surface area contributed by atoms with Gasteiger partial charge in [0.1, 0.15) is 5.56 Å². The first-order chi connectivity index (χ1) is 12.8. The van der Waals surface area contributed by atoms with E-state index in [0.717, 1.165) is 0 Å². The van der Waals surface area contributed by atoms with Crippen LogP contribution in [0.15, 0.2) is 53.4 Å². The number of amides is 1. The molecule has 0 atom stereocenters. The number of carbonyl (C=O) groups is 1. The van der Waals surface area contributed by atoms with Gasteiger partial charge < -0.3 is 4.90 Å². The molecule has 2 aromatic carbocycles. The van der Waals surface area contributed by atoms with E-state index in [1.54, 1.807) is 37.3 Å². The summed E-state index contributed by atoms with van der Waals surface area (Å²) < 4.78 is 26.6. The van der Waals surface area contributed by atoms with E-state index < -0.39 is 20.9 Å². The van der Waals surface area contributed by atoms with Crippen LogP contribution in [-0.2, 0) is 10.0 Å². The summed E-state index contributed by atoms with van der Waals surface area (Å²) in [7, 11) is -3.62. The van der Waals surface area contributed by atoms with Gasteiger partial charge in [0.05, 0.1) is 9.82 Å². The van der Waals surface area contributed by atoms with Gasteiger partial charge in [0, 0.05) is 31.7 Å². The van der Waals surface area contributed by atoms with Crippen LogP contribution < -0.4 is 0 Å². The molecule has 0 spiro atoms. The third kappa shape index (κ3) is 3.69. The highest BCUT2D eigenvalue weighted by Crippen LogP contribution is 2.25. The van der Waals surface area contributed by atoms with Gasteiger partial charge in [-0.2, -0.15) is 4.31 Å². The second-order valence-electron chi connectivity index (χ2n) is 6.24. The van der Waals surface area contributed by atoms with Crippen molar-refractivity contribution in [3.63, 3.8) is 0 Å². The van der Waals surface area contributed by atoms with E-state index in [1.165, 1.54) is 27.4 Å². The Morgan fingerprint density at radius 3 is 2.22 bits per heavy atom. The smallest absolute Gasteiger partial charge is 0.285 e. The van der Waals surface area contributed by atoms with Gasteiger partial charge in [0.15, 0.2) is 0 Å². The summed E-state index contributed by atoms with van der Waals surface area (Å²) in [6, 6.07) is 12.7. The summed E-state index contributed by atoms with van der Waals surface area (Å²) in [4.78, 5) is 25.2. The number of rotatable bonds is 4. The number of hydrogen-bond acceptors (Lipinski definition) is 5. The third-order valence-corrected chi connectivity index (χ3v) is 6.47. The van der Waals surface area contributed by atoms with E-state index in [4.69, 9.17) is 0 Å². The van der Waals surface area contributed by atoms with Gasteiger partial charge in [-0.1, -0.05) is 30.3 Å². The van der Waals surface area contributed by atoms with Crippen molar-refractivity contribution < 1.29 is 18.1 Å². The Labute approximate surface area is 157 Å². The Bertz CT molecular complexity index is 968. The fraction of sp³-hybridized carbons (Fsp3) is 0.278. The van der Waals surface area contributed by atoms with Gasteiger partial charge in [-0.05, 0) is 25.1 Å². The van der Waals surface area contributed by atoms with Gasteiger partial charge in [0.25, 0.3) is 11.6 Å². The molecule has 1 fully saturated rings. The van der Waals surface area contributed by atoms with Crippen LogP contribution in [0, 0.1) is 17.0 Å². The molecule has 1 aliphatic heterocycles. The average molecular weight is 389 g/mol. The minimum atomic E-state index is -3.62. The van der Waals surface area contributed by atoms with Gasteiger partial charge in [-0.3, -0.25) is 14.9 Å². The fourth-order valence-corrected chi connectivity index (χ4v) is 4.56. The van der Waals surface area contributed by atoms with Crippen LogP contribution >= 0.6 is 0 Å². The summed E-state index contributed by atoms with van der Waals surface area (Å²) in [6.07, 6.45) is 0. The number of piperazine rings is 1.